The number of fused-ring (bicyclic) bond motifs is 1. The Kier molecular flexibility index (Phi) is 3.41. The minimum atomic E-state index is -0.485. The summed E-state index contributed by atoms with van der Waals surface area (Å²) in [6, 6.07) is 7.86. The maximum atomic E-state index is 13.0. The van der Waals surface area contributed by atoms with E-state index >= 15 is 0 Å². The minimum absolute atomic E-state index is 0.148. The van der Waals surface area contributed by atoms with Crippen molar-refractivity contribution >= 4 is 11.6 Å². The predicted octanol–water partition coefficient (Wildman–Crippen LogP) is 3.87. The molecule has 22 heavy (non-hydrogen) atoms. The van der Waals surface area contributed by atoms with Gasteiger partial charge in [-0.2, -0.15) is 0 Å². The van der Waals surface area contributed by atoms with E-state index in [0.29, 0.717) is 31.6 Å². The minimum Gasteiger partial charge on any atom is -0.372 e. The molecule has 116 valence electrons. The van der Waals surface area contributed by atoms with E-state index in [9.17, 15) is 9.59 Å². The zero-order chi connectivity index (χ0) is 15.2. The number of carbonyl (C=O) groups excluding carboxylic acids is 2. The van der Waals surface area contributed by atoms with E-state index in [1.807, 2.05) is 24.3 Å². The molecule has 0 N–H and O–H groups in total. The van der Waals surface area contributed by atoms with Crippen LogP contribution in [0.4, 0.5) is 0 Å². The van der Waals surface area contributed by atoms with Gasteiger partial charge in [-0.15, -0.1) is 0 Å². The molecule has 3 aliphatic rings. The van der Waals surface area contributed by atoms with Crippen LogP contribution in [0.2, 0.25) is 0 Å². The fourth-order valence-electron chi connectivity index (χ4n) is 4.22. The summed E-state index contributed by atoms with van der Waals surface area (Å²) in [5.74, 6) is 1.14. The van der Waals surface area contributed by atoms with Crippen LogP contribution in [0.3, 0.4) is 0 Å². The first-order valence-electron chi connectivity index (χ1n) is 8.48. The third kappa shape index (κ3) is 2.06. The molecule has 0 amide bonds. The second-order valence-electron chi connectivity index (χ2n) is 7.12. The van der Waals surface area contributed by atoms with E-state index in [4.69, 9.17) is 4.74 Å². The summed E-state index contributed by atoms with van der Waals surface area (Å²) in [6.07, 6.45) is 5.97. The lowest BCUT2D eigenvalue weighted by Gasteiger charge is -2.38. The molecule has 1 aromatic rings. The summed E-state index contributed by atoms with van der Waals surface area (Å²) in [5.41, 5.74) is 1.37. The maximum Gasteiger partial charge on any atom is 0.172 e. The van der Waals surface area contributed by atoms with Gasteiger partial charge < -0.3 is 4.74 Å². The van der Waals surface area contributed by atoms with Crippen LogP contribution in [0.15, 0.2) is 24.3 Å². The number of ether oxygens (including phenoxy) is 1. The molecule has 1 spiro atoms. The molecule has 2 saturated carbocycles. The predicted molar refractivity (Wildman–Crippen MR) is 82.7 cm³/mol. The normalized spacial score (nSPS) is 27.0. The number of Topliss-reactive ketones (excluding diaryl/α,β-unsaturated/α-hetero) is 2. The maximum absolute atomic E-state index is 13.0. The van der Waals surface area contributed by atoms with Crippen molar-refractivity contribution in [1.82, 2.24) is 0 Å². The van der Waals surface area contributed by atoms with E-state index in [2.05, 4.69) is 0 Å². The van der Waals surface area contributed by atoms with Gasteiger partial charge in [0.05, 0.1) is 18.1 Å². The zero-order valence-electron chi connectivity index (χ0n) is 12.8. The smallest absolute Gasteiger partial charge is 0.172 e. The number of ketones is 2. The Balaban J connectivity index is 1.65. The molecule has 1 aromatic carbocycles. The van der Waals surface area contributed by atoms with Crippen LogP contribution in [0.25, 0.3) is 0 Å². The van der Waals surface area contributed by atoms with Gasteiger partial charge in [-0.25, -0.2) is 0 Å². The van der Waals surface area contributed by atoms with Crippen LogP contribution in [0.5, 0.6) is 0 Å². The van der Waals surface area contributed by atoms with Gasteiger partial charge in [0.1, 0.15) is 5.78 Å². The summed E-state index contributed by atoms with van der Waals surface area (Å²) in [4.78, 5) is 24.7. The van der Waals surface area contributed by atoms with E-state index in [0.717, 1.165) is 17.7 Å². The Labute approximate surface area is 131 Å². The van der Waals surface area contributed by atoms with E-state index < -0.39 is 5.41 Å². The second kappa shape index (κ2) is 5.31. The third-order valence-electron chi connectivity index (χ3n) is 5.87. The molecule has 1 atom stereocenters. The van der Waals surface area contributed by atoms with Crippen molar-refractivity contribution in [3.05, 3.63) is 35.4 Å². The first-order chi connectivity index (χ1) is 10.7. The van der Waals surface area contributed by atoms with E-state index in [-0.39, 0.29) is 17.7 Å². The summed E-state index contributed by atoms with van der Waals surface area (Å²) in [7, 11) is 0. The summed E-state index contributed by atoms with van der Waals surface area (Å²) >= 11 is 0. The van der Waals surface area contributed by atoms with E-state index in [1.165, 1.54) is 19.3 Å². The quantitative estimate of drug-likeness (QED) is 0.850. The standard InChI is InChI=1S/C19H22O3/c20-14-8-10-19(11-9-14)17(21)15-6-1-2-7-16(15)18(19)22-12-13-4-3-5-13/h1-2,6-7,13,18H,3-5,8-12H2. The second-order valence-corrected chi connectivity index (χ2v) is 7.12. The van der Waals surface area contributed by atoms with Crippen molar-refractivity contribution in [2.45, 2.75) is 51.0 Å². The fourth-order valence-corrected chi connectivity index (χ4v) is 4.22. The van der Waals surface area contributed by atoms with Crippen LogP contribution >= 0.6 is 0 Å². The van der Waals surface area contributed by atoms with Crippen LogP contribution in [-0.2, 0) is 9.53 Å². The molecular weight excluding hydrogens is 276 g/mol. The van der Waals surface area contributed by atoms with Crippen LogP contribution in [0.1, 0.15) is 67.0 Å². The molecule has 3 heteroatoms. The van der Waals surface area contributed by atoms with Crippen molar-refractivity contribution in [2.24, 2.45) is 11.3 Å². The van der Waals surface area contributed by atoms with Crippen molar-refractivity contribution in [3.63, 3.8) is 0 Å². The Bertz CT molecular complexity index is 605. The van der Waals surface area contributed by atoms with Gasteiger partial charge in [0.15, 0.2) is 5.78 Å². The van der Waals surface area contributed by atoms with Crippen LogP contribution in [0, 0.1) is 11.3 Å². The lowest BCUT2D eigenvalue weighted by Crippen LogP contribution is -2.38. The Morgan fingerprint density at radius 1 is 1.09 bits per heavy atom. The molecule has 0 bridgehead atoms. The average molecular weight is 298 g/mol. The van der Waals surface area contributed by atoms with Gasteiger partial charge in [-0.3, -0.25) is 9.59 Å². The molecule has 0 aromatic heterocycles. The molecule has 0 radical (unpaired) electrons. The van der Waals surface area contributed by atoms with Gasteiger partial charge in [0.25, 0.3) is 0 Å². The fraction of sp³-hybridized carbons (Fsp3) is 0.579. The summed E-state index contributed by atoms with van der Waals surface area (Å²) in [5, 5.41) is 0. The van der Waals surface area contributed by atoms with Crippen LogP contribution in [-0.4, -0.2) is 18.2 Å². The molecular formula is C19H22O3. The Morgan fingerprint density at radius 3 is 2.50 bits per heavy atom. The van der Waals surface area contributed by atoms with Gasteiger partial charge in [-0.05, 0) is 37.2 Å². The summed E-state index contributed by atoms with van der Waals surface area (Å²) < 4.78 is 6.30. The summed E-state index contributed by atoms with van der Waals surface area (Å²) in [6.45, 7) is 0.752. The SMILES string of the molecule is O=C1CCC2(CC1)C(=O)c1ccccc1C2OCC1CCC1. The van der Waals surface area contributed by atoms with E-state index in [1.54, 1.807) is 0 Å². The first kappa shape index (κ1) is 14.1. The van der Waals surface area contributed by atoms with Gasteiger partial charge in [-0.1, -0.05) is 30.7 Å². The van der Waals surface area contributed by atoms with Crippen molar-refractivity contribution in [3.8, 4) is 0 Å². The lowest BCUT2D eigenvalue weighted by molar-refractivity contribution is -0.124. The highest BCUT2D eigenvalue weighted by Crippen LogP contribution is 2.55. The monoisotopic (exact) mass is 298 g/mol. The molecule has 2 fully saturated rings. The van der Waals surface area contributed by atoms with Crippen molar-refractivity contribution in [2.75, 3.05) is 6.61 Å². The highest BCUT2D eigenvalue weighted by Gasteiger charge is 2.54. The average Bonchev–Trinajstić information content (AvgIpc) is 2.72. The number of carbonyl (C=O) groups is 2. The third-order valence-corrected chi connectivity index (χ3v) is 5.87. The molecule has 0 aliphatic heterocycles. The van der Waals surface area contributed by atoms with Gasteiger partial charge >= 0.3 is 0 Å². The largest absolute Gasteiger partial charge is 0.372 e. The Hall–Kier alpha value is -1.48. The highest BCUT2D eigenvalue weighted by atomic mass is 16.5. The number of hydrogen-bond donors (Lipinski definition) is 0. The molecule has 0 saturated heterocycles. The van der Waals surface area contributed by atoms with Crippen molar-refractivity contribution < 1.29 is 14.3 Å². The topological polar surface area (TPSA) is 43.4 Å². The van der Waals surface area contributed by atoms with Gasteiger partial charge in [0, 0.05) is 18.4 Å². The molecule has 1 unspecified atom stereocenters. The van der Waals surface area contributed by atoms with Crippen LogP contribution < -0.4 is 0 Å². The number of hydrogen-bond acceptors (Lipinski definition) is 3. The molecule has 4 rings (SSSR count). The lowest BCUT2D eigenvalue weighted by atomic mass is 9.69. The van der Waals surface area contributed by atoms with Crippen molar-refractivity contribution in [1.29, 1.82) is 0 Å². The number of rotatable bonds is 3. The molecule has 3 nitrogen and oxygen atoms in total. The highest BCUT2D eigenvalue weighted by molar-refractivity contribution is 6.06. The van der Waals surface area contributed by atoms with Gasteiger partial charge in [0.2, 0.25) is 0 Å². The zero-order valence-corrected chi connectivity index (χ0v) is 12.8. The molecule has 3 aliphatic carbocycles. The Morgan fingerprint density at radius 2 is 1.82 bits per heavy atom. The molecule has 0 heterocycles. The first-order valence-corrected chi connectivity index (χ1v) is 8.48. The number of benzene rings is 1.